The first-order valence-corrected chi connectivity index (χ1v) is 6.44. The lowest BCUT2D eigenvalue weighted by molar-refractivity contribution is -0.688. The molecule has 3 rings (SSSR count). The first-order valence-electron chi connectivity index (χ1n) is 6.44. The minimum atomic E-state index is -0.402. The molecular weight excluding hydrogens is 268 g/mol. The number of pyridine rings is 1. The van der Waals surface area contributed by atoms with Crippen molar-refractivity contribution >= 4 is 5.69 Å². The Morgan fingerprint density at radius 2 is 2.00 bits per heavy atom. The zero-order chi connectivity index (χ0) is 14.7. The van der Waals surface area contributed by atoms with Crippen LogP contribution in [0.2, 0.25) is 0 Å². The summed E-state index contributed by atoms with van der Waals surface area (Å²) in [5.41, 5.74) is 1.94. The summed E-state index contributed by atoms with van der Waals surface area (Å²) in [6, 6.07) is 12.3. The molecule has 0 N–H and O–H groups in total. The van der Waals surface area contributed by atoms with E-state index in [1.165, 1.54) is 12.1 Å². The van der Waals surface area contributed by atoms with Gasteiger partial charge in [0.1, 0.15) is 24.6 Å². The van der Waals surface area contributed by atoms with Crippen LogP contribution in [0.4, 0.5) is 5.69 Å². The van der Waals surface area contributed by atoms with Crippen LogP contribution in [-0.4, -0.2) is 14.5 Å². The van der Waals surface area contributed by atoms with Crippen molar-refractivity contribution in [3.63, 3.8) is 0 Å². The Morgan fingerprint density at radius 1 is 1.19 bits per heavy atom. The number of non-ortho nitro benzene ring substituents is 1. The zero-order valence-corrected chi connectivity index (χ0v) is 11.2. The Morgan fingerprint density at radius 3 is 2.67 bits per heavy atom. The van der Waals surface area contributed by atoms with Crippen LogP contribution in [0.5, 0.6) is 0 Å². The van der Waals surface area contributed by atoms with E-state index in [1.807, 2.05) is 46.1 Å². The fourth-order valence-electron chi connectivity index (χ4n) is 2.07. The van der Waals surface area contributed by atoms with E-state index in [4.69, 9.17) is 0 Å². The van der Waals surface area contributed by atoms with Gasteiger partial charge in [0.15, 0.2) is 0 Å². The Bertz CT molecular complexity index is 751. The van der Waals surface area contributed by atoms with Crippen molar-refractivity contribution in [3.8, 4) is 5.69 Å². The number of benzene rings is 1. The molecule has 0 atom stereocenters. The Balaban J connectivity index is 1.80. The third-order valence-corrected chi connectivity index (χ3v) is 3.12. The molecule has 2 aromatic heterocycles. The van der Waals surface area contributed by atoms with Gasteiger partial charge in [-0.05, 0) is 24.3 Å². The second-order valence-corrected chi connectivity index (χ2v) is 4.59. The van der Waals surface area contributed by atoms with Crippen molar-refractivity contribution < 1.29 is 9.49 Å². The Hall–Kier alpha value is -3.02. The number of nitro benzene ring substituents is 1. The number of nitrogens with zero attached hydrogens (tertiary/aromatic N) is 4. The van der Waals surface area contributed by atoms with Gasteiger partial charge in [-0.1, -0.05) is 6.07 Å². The number of hydrogen-bond acceptors (Lipinski definition) is 3. The van der Waals surface area contributed by atoms with Gasteiger partial charge in [-0.3, -0.25) is 15.1 Å². The molecule has 3 aromatic rings. The number of rotatable bonds is 4. The summed E-state index contributed by atoms with van der Waals surface area (Å²) in [6.45, 7) is 0.681. The molecule has 0 fully saturated rings. The molecule has 104 valence electrons. The molecule has 0 unspecified atom stereocenters. The summed E-state index contributed by atoms with van der Waals surface area (Å²) in [7, 11) is 0. The highest BCUT2D eigenvalue weighted by molar-refractivity contribution is 5.40. The molecule has 2 heterocycles. The van der Waals surface area contributed by atoms with Crippen LogP contribution in [0.1, 0.15) is 5.69 Å². The molecule has 0 aliphatic rings. The average molecular weight is 281 g/mol. The topological polar surface area (TPSA) is 64.8 Å². The Kier molecular flexibility index (Phi) is 3.42. The monoisotopic (exact) mass is 281 g/mol. The highest BCUT2D eigenvalue weighted by Crippen LogP contribution is 2.14. The van der Waals surface area contributed by atoms with Gasteiger partial charge in [-0.25, -0.2) is 9.13 Å². The van der Waals surface area contributed by atoms with E-state index in [0.717, 1.165) is 11.4 Å². The van der Waals surface area contributed by atoms with Crippen molar-refractivity contribution in [2.45, 2.75) is 6.54 Å². The standard InChI is InChI=1S/C15H13N4O2/c20-19(21)15-6-4-14(5-7-15)18-10-9-17(12-18)11-13-3-1-2-8-16-13/h1-10,12H,11H2/q+1. The van der Waals surface area contributed by atoms with E-state index in [0.29, 0.717) is 6.54 Å². The zero-order valence-electron chi connectivity index (χ0n) is 11.2. The van der Waals surface area contributed by atoms with Crippen molar-refractivity contribution in [1.29, 1.82) is 0 Å². The molecule has 0 saturated carbocycles. The lowest BCUT2D eigenvalue weighted by Gasteiger charge is -1.96. The summed E-state index contributed by atoms with van der Waals surface area (Å²) in [6.07, 6.45) is 7.54. The largest absolute Gasteiger partial charge is 0.269 e. The van der Waals surface area contributed by atoms with Crippen LogP contribution in [0.25, 0.3) is 5.69 Å². The molecule has 0 aliphatic carbocycles. The highest BCUT2D eigenvalue weighted by Gasteiger charge is 2.10. The Labute approximate surface area is 121 Å². The van der Waals surface area contributed by atoms with E-state index < -0.39 is 4.92 Å². The number of nitro groups is 1. The fraction of sp³-hybridized carbons (Fsp3) is 0.0667. The highest BCUT2D eigenvalue weighted by atomic mass is 16.6. The molecule has 21 heavy (non-hydrogen) atoms. The smallest absolute Gasteiger partial charge is 0.258 e. The maximum atomic E-state index is 10.6. The maximum Gasteiger partial charge on any atom is 0.269 e. The quantitative estimate of drug-likeness (QED) is 0.418. The summed E-state index contributed by atoms with van der Waals surface area (Å²) >= 11 is 0. The van der Waals surface area contributed by atoms with Crippen molar-refractivity contribution in [1.82, 2.24) is 9.55 Å². The second-order valence-electron chi connectivity index (χ2n) is 4.59. The second kappa shape index (κ2) is 5.54. The number of imidazole rings is 1. The van der Waals surface area contributed by atoms with Crippen LogP contribution in [0.15, 0.2) is 67.4 Å². The predicted octanol–water partition coefficient (Wildman–Crippen LogP) is 2.12. The third-order valence-electron chi connectivity index (χ3n) is 3.12. The molecule has 0 aliphatic heterocycles. The molecule has 0 saturated heterocycles. The van der Waals surface area contributed by atoms with Crippen molar-refractivity contribution in [2.75, 3.05) is 0 Å². The summed E-state index contributed by atoms with van der Waals surface area (Å²) in [5.74, 6) is 0. The van der Waals surface area contributed by atoms with Gasteiger partial charge in [0, 0.05) is 18.3 Å². The summed E-state index contributed by atoms with van der Waals surface area (Å²) < 4.78 is 3.91. The van der Waals surface area contributed by atoms with Crippen molar-refractivity contribution in [3.05, 3.63) is 83.2 Å². The van der Waals surface area contributed by atoms with Crippen molar-refractivity contribution in [2.24, 2.45) is 0 Å². The van der Waals surface area contributed by atoms with Gasteiger partial charge in [-0.2, -0.15) is 0 Å². The van der Waals surface area contributed by atoms with Gasteiger partial charge < -0.3 is 0 Å². The molecule has 0 radical (unpaired) electrons. The van der Waals surface area contributed by atoms with Gasteiger partial charge in [0.25, 0.3) is 5.69 Å². The number of hydrogen-bond donors (Lipinski definition) is 0. The van der Waals surface area contributed by atoms with Crippen LogP contribution in [0.3, 0.4) is 0 Å². The molecule has 6 heteroatoms. The van der Waals surface area contributed by atoms with Gasteiger partial charge >= 0.3 is 0 Å². The van der Waals surface area contributed by atoms with Crippen LogP contribution in [-0.2, 0) is 6.54 Å². The SMILES string of the molecule is O=[N+]([O-])c1ccc(-n2cc[n+](Cc3ccccn3)c2)cc1. The van der Waals surface area contributed by atoms with E-state index in [2.05, 4.69) is 4.98 Å². The average Bonchev–Trinajstić information content (AvgIpc) is 2.97. The first-order chi connectivity index (χ1) is 10.2. The normalized spacial score (nSPS) is 10.5. The van der Waals surface area contributed by atoms with Crippen LogP contribution >= 0.6 is 0 Å². The van der Waals surface area contributed by atoms with E-state index in [-0.39, 0.29) is 5.69 Å². The minimum absolute atomic E-state index is 0.0901. The number of aromatic nitrogens is 3. The lowest BCUT2D eigenvalue weighted by Crippen LogP contribution is -2.31. The summed E-state index contributed by atoms with van der Waals surface area (Å²) in [4.78, 5) is 14.5. The minimum Gasteiger partial charge on any atom is -0.258 e. The van der Waals surface area contributed by atoms with Crippen LogP contribution in [0, 0.1) is 10.1 Å². The molecule has 1 aromatic carbocycles. The predicted molar refractivity (Wildman–Crippen MR) is 76.0 cm³/mol. The molecule has 0 amide bonds. The van der Waals surface area contributed by atoms with E-state index in [1.54, 1.807) is 18.3 Å². The van der Waals surface area contributed by atoms with E-state index >= 15 is 0 Å². The lowest BCUT2D eigenvalue weighted by atomic mass is 10.3. The van der Waals surface area contributed by atoms with Gasteiger partial charge in [0.2, 0.25) is 6.33 Å². The molecule has 6 nitrogen and oxygen atoms in total. The van der Waals surface area contributed by atoms with Gasteiger partial charge in [0.05, 0.1) is 10.6 Å². The summed E-state index contributed by atoms with van der Waals surface area (Å²) in [5, 5.41) is 10.6. The van der Waals surface area contributed by atoms with E-state index in [9.17, 15) is 10.1 Å². The molecule has 0 spiro atoms. The third kappa shape index (κ3) is 2.94. The first kappa shape index (κ1) is 13.0. The maximum absolute atomic E-state index is 10.6. The molecule has 0 bridgehead atoms. The fourth-order valence-corrected chi connectivity index (χ4v) is 2.07. The van der Waals surface area contributed by atoms with Gasteiger partial charge in [-0.15, -0.1) is 0 Å². The van der Waals surface area contributed by atoms with Crippen LogP contribution < -0.4 is 4.57 Å². The molecular formula is C15H13N4O2+.